The van der Waals surface area contributed by atoms with E-state index in [4.69, 9.17) is 5.26 Å². The van der Waals surface area contributed by atoms with Crippen LogP contribution in [-0.2, 0) is 17.4 Å². The molecule has 0 unspecified atom stereocenters. The lowest BCUT2D eigenvalue weighted by molar-refractivity contribution is -0.137. The van der Waals surface area contributed by atoms with E-state index in [0.717, 1.165) is 24.3 Å². The van der Waals surface area contributed by atoms with Crippen molar-refractivity contribution in [1.29, 1.82) is 5.26 Å². The van der Waals surface area contributed by atoms with Gasteiger partial charge in [-0.05, 0) is 18.2 Å². The summed E-state index contributed by atoms with van der Waals surface area (Å²) in [5.41, 5.74) is -1.89. The van der Waals surface area contributed by atoms with Gasteiger partial charge in [-0.25, -0.2) is 13.8 Å². The summed E-state index contributed by atoms with van der Waals surface area (Å²) < 4.78 is 65.4. The fourth-order valence-corrected chi connectivity index (χ4v) is 2.61. The fourth-order valence-electron chi connectivity index (χ4n) is 2.61. The molecular weight excluding hydrogens is 399 g/mol. The predicted octanol–water partition coefficient (Wildman–Crippen LogP) is 3.27. The molecule has 0 spiro atoms. The van der Waals surface area contributed by atoms with Gasteiger partial charge in [0, 0.05) is 24.2 Å². The number of halogens is 5. The van der Waals surface area contributed by atoms with E-state index in [1.807, 2.05) is 0 Å². The van der Waals surface area contributed by atoms with E-state index in [9.17, 15) is 31.9 Å². The second kappa shape index (κ2) is 7.48. The maximum Gasteiger partial charge on any atom is 0.417 e. The summed E-state index contributed by atoms with van der Waals surface area (Å²) in [4.78, 5) is 18.6. The Morgan fingerprint density at radius 2 is 1.93 bits per heavy atom. The van der Waals surface area contributed by atoms with E-state index in [1.54, 1.807) is 0 Å². The second-order valence-electron chi connectivity index (χ2n) is 6.05. The van der Waals surface area contributed by atoms with Crippen LogP contribution in [0.15, 0.2) is 30.3 Å². The van der Waals surface area contributed by atoms with Crippen molar-refractivity contribution in [2.75, 3.05) is 5.32 Å². The van der Waals surface area contributed by atoms with E-state index < -0.39 is 40.9 Å². The number of benzene rings is 2. The molecule has 1 atom stereocenters. The number of hydrogen-bond donors (Lipinski definition) is 3. The third-order valence-corrected chi connectivity index (χ3v) is 3.98. The van der Waals surface area contributed by atoms with Gasteiger partial charge in [0.15, 0.2) is 11.6 Å². The minimum atomic E-state index is -4.80. The molecule has 3 N–H and O–H groups in total. The number of aromatic amines is 1. The lowest BCUT2D eigenvalue weighted by Gasteiger charge is -2.13. The van der Waals surface area contributed by atoms with Gasteiger partial charge in [0.2, 0.25) is 0 Å². The fraction of sp³-hybridized carbons (Fsp3) is 0.167. The van der Waals surface area contributed by atoms with Crippen LogP contribution < -0.4 is 5.32 Å². The van der Waals surface area contributed by atoms with Crippen molar-refractivity contribution < 1.29 is 31.9 Å². The average molecular weight is 410 g/mol. The number of alkyl halides is 3. The summed E-state index contributed by atoms with van der Waals surface area (Å²) in [5.74, 6) is -3.20. The minimum Gasteiger partial charge on any atom is -0.383 e. The van der Waals surface area contributed by atoms with Crippen LogP contribution in [0.1, 0.15) is 17.0 Å². The van der Waals surface area contributed by atoms with E-state index in [1.165, 1.54) is 6.07 Å². The van der Waals surface area contributed by atoms with Crippen molar-refractivity contribution in [1.82, 2.24) is 9.97 Å². The molecule has 0 saturated carbocycles. The maximum atomic E-state index is 13.2. The molecule has 1 amide bonds. The van der Waals surface area contributed by atoms with Gasteiger partial charge < -0.3 is 15.4 Å². The number of H-pyrrole nitrogens is 1. The zero-order valence-electron chi connectivity index (χ0n) is 14.3. The van der Waals surface area contributed by atoms with Crippen LogP contribution in [0.4, 0.5) is 27.6 Å². The molecule has 1 aromatic heterocycles. The molecule has 0 radical (unpaired) electrons. The molecule has 0 aliphatic rings. The normalized spacial score (nSPS) is 12.6. The van der Waals surface area contributed by atoms with Crippen LogP contribution in [0.5, 0.6) is 0 Å². The Morgan fingerprint density at radius 3 is 2.59 bits per heavy atom. The first kappa shape index (κ1) is 20.2. The Labute approximate surface area is 159 Å². The molecule has 11 heteroatoms. The van der Waals surface area contributed by atoms with Crippen LogP contribution in [0.2, 0.25) is 0 Å². The summed E-state index contributed by atoms with van der Waals surface area (Å²) in [6.45, 7) is 0. The topological polar surface area (TPSA) is 102 Å². The average Bonchev–Trinajstić information content (AvgIpc) is 3.02. The van der Waals surface area contributed by atoms with E-state index in [2.05, 4.69) is 15.3 Å². The van der Waals surface area contributed by atoms with Gasteiger partial charge in [0.1, 0.15) is 11.9 Å². The largest absolute Gasteiger partial charge is 0.417 e. The first-order valence-corrected chi connectivity index (χ1v) is 8.02. The highest BCUT2D eigenvalue weighted by Crippen LogP contribution is 2.33. The number of nitrogens with one attached hydrogen (secondary N) is 2. The Balaban J connectivity index is 1.75. The second-order valence-corrected chi connectivity index (χ2v) is 6.05. The molecule has 0 fully saturated rings. The summed E-state index contributed by atoms with van der Waals surface area (Å²) in [6.07, 6.45) is -6.90. The molecule has 1 heterocycles. The van der Waals surface area contributed by atoms with Crippen LogP contribution in [0, 0.1) is 23.0 Å². The first-order chi connectivity index (χ1) is 13.6. The number of nitrogens with zero attached hydrogens (tertiary/aromatic N) is 2. The van der Waals surface area contributed by atoms with Gasteiger partial charge in [0.05, 0.1) is 28.2 Å². The lowest BCUT2D eigenvalue weighted by Crippen LogP contribution is -2.30. The Hall–Kier alpha value is -3.52. The highest BCUT2D eigenvalue weighted by Gasteiger charge is 2.34. The number of nitriles is 1. The van der Waals surface area contributed by atoms with Gasteiger partial charge >= 0.3 is 6.18 Å². The van der Waals surface area contributed by atoms with Gasteiger partial charge in [-0.15, -0.1) is 0 Å². The number of rotatable bonds is 4. The number of hydrogen-bond acceptors (Lipinski definition) is 4. The van der Waals surface area contributed by atoms with E-state index in [-0.39, 0.29) is 29.0 Å². The summed E-state index contributed by atoms with van der Waals surface area (Å²) in [5, 5.41) is 20.9. The zero-order valence-corrected chi connectivity index (χ0v) is 14.3. The molecule has 3 aromatic rings. The van der Waals surface area contributed by atoms with Gasteiger partial charge in [-0.3, -0.25) is 4.79 Å². The van der Waals surface area contributed by atoms with Crippen LogP contribution in [0.3, 0.4) is 0 Å². The van der Waals surface area contributed by atoms with Crippen LogP contribution >= 0.6 is 0 Å². The molecule has 3 rings (SSSR count). The van der Waals surface area contributed by atoms with Gasteiger partial charge in [0.25, 0.3) is 5.91 Å². The van der Waals surface area contributed by atoms with Crippen molar-refractivity contribution >= 4 is 22.6 Å². The minimum absolute atomic E-state index is 0.0449. The third-order valence-electron chi connectivity index (χ3n) is 3.98. The Bertz CT molecular complexity index is 1090. The molecule has 29 heavy (non-hydrogen) atoms. The maximum absolute atomic E-state index is 13.2. The van der Waals surface area contributed by atoms with Crippen molar-refractivity contribution in [3.8, 4) is 6.07 Å². The van der Waals surface area contributed by atoms with E-state index in [0.29, 0.717) is 6.07 Å². The SMILES string of the molecule is N#Cc1ccc(NC(=O)[C@@H](O)Cc2nc3cc(F)c(F)cc3[nH]2)cc1C(F)(F)F. The van der Waals surface area contributed by atoms with Crippen LogP contribution in [-0.4, -0.2) is 27.1 Å². The van der Waals surface area contributed by atoms with Crippen molar-refractivity contribution in [3.05, 3.63) is 58.9 Å². The standard InChI is InChI=1S/C18H11F5N4O2/c19-11-4-13-14(5-12(11)20)27-16(26-13)6-15(28)17(29)25-9-2-1-8(7-24)10(3-9)18(21,22)23/h1-5,15,28H,6H2,(H,25,29)(H,26,27)/t15-/m0/s1. The number of imidazole rings is 1. The summed E-state index contributed by atoms with van der Waals surface area (Å²) >= 11 is 0. The third kappa shape index (κ3) is 4.33. The molecule has 0 bridgehead atoms. The monoisotopic (exact) mass is 410 g/mol. The molecule has 0 aliphatic carbocycles. The lowest BCUT2D eigenvalue weighted by atomic mass is 10.1. The molecule has 6 nitrogen and oxygen atoms in total. The summed E-state index contributed by atoms with van der Waals surface area (Å²) in [7, 11) is 0. The Kier molecular flexibility index (Phi) is 5.21. The van der Waals surface area contributed by atoms with Gasteiger partial charge in [-0.2, -0.15) is 18.4 Å². The number of fused-ring (bicyclic) bond motifs is 1. The summed E-state index contributed by atoms with van der Waals surface area (Å²) in [6, 6.07) is 5.68. The highest BCUT2D eigenvalue weighted by atomic mass is 19.4. The number of carbonyl (C=O) groups is 1. The molecule has 0 saturated heterocycles. The number of aliphatic hydroxyl groups excluding tert-OH is 1. The predicted molar refractivity (Wildman–Crippen MR) is 90.5 cm³/mol. The number of anilines is 1. The number of carbonyl (C=O) groups excluding carboxylic acids is 1. The number of aromatic nitrogens is 2. The molecular formula is C18H11F5N4O2. The van der Waals surface area contributed by atoms with Crippen LogP contribution in [0.25, 0.3) is 11.0 Å². The van der Waals surface area contributed by atoms with E-state index >= 15 is 0 Å². The Morgan fingerprint density at radius 1 is 1.24 bits per heavy atom. The molecule has 2 aromatic carbocycles. The number of amides is 1. The highest BCUT2D eigenvalue weighted by molar-refractivity contribution is 5.94. The van der Waals surface area contributed by atoms with Crippen molar-refractivity contribution in [2.24, 2.45) is 0 Å². The van der Waals surface area contributed by atoms with Crippen molar-refractivity contribution in [2.45, 2.75) is 18.7 Å². The van der Waals surface area contributed by atoms with Crippen molar-refractivity contribution in [3.63, 3.8) is 0 Å². The molecule has 150 valence electrons. The zero-order chi connectivity index (χ0) is 21.3. The molecule has 0 aliphatic heterocycles. The van der Waals surface area contributed by atoms with Gasteiger partial charge in [-0.1, -0.05) is 0 Å². The smallest absolute Gasteiger partial charge is 0.383 e. The number of aliphatic hydroxyl groups is 1. The first-order valence-electron chi connectivity index (χ1n) is 8.02. The quantitative estimate of drug-likeness (QED) is 0.575.